The summed E-state index contributed by atoms with van der Waals surface area (Å²) in [5.74, 6) is -1.62. The molecule has 1 fully saturated rings. The molecular weight excluding hydrogens is 315 g/mol. The number of esters is 1. The van der Waals surface area contributed by atoms with E-state index in [4.69, 9.17) is 9.88 Å². The van der Waals surface area contributed by atoms with E-state index in [9.17, 15) is 17.6 Å². The van der Waals surface area contributed by atoms with Crippen LogP contribution in [0.4, 0.5) is 10.3 Å². The predicted octanol–water partition coefficient (Wildman–Crippen LogP) is -0.338. The fourth-order valence-electron chi connectivity index (χ4n) is 2.35. The molecule has 10 heteroatoms. The molecule has 1 aliphatic rings. The van der Waals surface area contributed by atoms with Gasteiger partial charge < -0.3 is 9.64 Å². The van der Waals surface area contributed by atoms with Crippen LogP contribution in [0.15, 0.2) is 12.4 Å². The molecule has 8 nitrogen and oxygen atoms in total. The third-order valence-corrected chi connectivity index (χ3v) is 4.66. The molecule has 0 amide bonds. The average molecular weight is 332 g/mol. The number of anilines is 1. The topological polar surface area (TPSA) is 115 Å². The normalized spacial score (nSPS) is 22.4. The molecule has 0 radical (unpaired) electrons. The molecule has 2 rings (SSSR count). The number of rotatable bonds is 4. The number of nitrogens with zero attached hydrogens (tertiary/aromatic N) is 3. The summed E-state index contributed by atoms with van der Waals surface area (Å²) >= 11 is 0. The first-order valence-electron chi connectivity index (χ1n) is 6.72. The summed E-state index contributed by atoms with van der Waals surface area (Å²) in [5, 5.41) is 4.26. The number of halogens is 1. The van der Waals surface area contributed by atoms with Crippen LogP contribution >= 0.6 is 0 Å². The molecule has 0 bridgehead atoms. The Labute approximate surface area is 127 Å². The highest BCUT2D eigenvalue weighted by atomic mass is 32.2. The summed E-state index contributed by atoms with van der Waals surface area (Å²) in [5.41, 5.74) is 0. The number of carbonyl (C=O) groups excluding carboxylic acids is 1. The average Bonchev–Trinajstić information content (AvgIpc) is 2.47. The second kappa shape index (κ2) is 6.53. The van der Waals surface area contributed by atoms with Gasteiger partial charge >= 0.3 is 5.97 Å². The van der Waals surface area contributed by atoms with E-state index < -0.39 is 33.0 Å². The van der Waals surface area contributed by atoms with Crippen molar-refractivity contribution in [2.75, 3.05) is 24.6 Å². The third kappa shape index (κ3) is 3.89. The van der Waals surface area contributed by atoms with Gasteiger partial charge in [0.1, 0.15) is 0 Å². The molecule has 0 saturated carbocycles. The van der Waals surface area contributed by atoms with Crippen molar-refractivity contribution in [1.29, 1.82) is 0 Å². The van der Waals surface area contributed by atoms with Gasteiger partial charge in [0, 0.05) is 13.1 Å². The molecule has 0 unspecified atom stereocenters. The Balaban J connectivity index is 2.25. The fraction of sp³-hybridized carbons (Fsp3) is 0.583. The highest BCUT2D eigenvalue weighted by Gasteiger charge is 2.38. The lowest BCUT2D eigenvalue weighted by Gasteiger charge is -2.35. The first-order chi connectivity index (χ1) is 10.3. The lowest BCUT2D eigenvalue weighted by atomic mass is 9.98. The lowest BCUT2D eigenvalue weighted by molar-refractivity contribution is -0.148. The third-order valence-electron chi connectivity index (χ3n) is 3.39. The maximum atomic E-state index is 12.9. The standard InChI is InChI=1S/C12H17FN4O4S/c1-2-21-11(18)8-3-10(22(14,19)20)7-17(6-8)12-15-4-9(13)5-16-12/h4-5,8,10H,2-3,6-7H2,1H3,(H2,14,19,20)/t8-,10-/m1/s1. The van der Waals surface area contributed by atoms with Gasteiger partial charge in [0.2, 0.25) is 16.0 Å². The highest BCUT2D eigenvalue weighted by molar-refractivity contribution is 7.89. The van der Waals surface area contributed by atoms with Gasteiger partial charge in [-0.25, -0.2) is 27.9 Å². The van der Waals surface area contributed by atoms with Crippen molar-refractivity contribution in [2.45, 2.75) is 18.6 Å². The number of nitrogens with two attached hydrogens (primary N) is 1. The van der Waals surface area contributed by atoms with Crippen molar-refractivity contribution in [3.8, 4) is 0 Å². The zero-order valence-electron chi connectivity index (χ0n) is 12.0. The largest absolute Gasteiger partial charge is 0.466 e. The van der Waals surface area contributed by atoms with E-state index in [1.165, 1.54) is 4.90 Å². The van der Waals surface area contributed by atoms with Crippen LogP contribution in [0.1, 0.15) is 13.3 Å². The minimum atomic E-state index is -3.84. The molecular formula is C12H17FN4O4S. The molecule has 0 aromatic carbocycles. The number of primary sulfonamides is 1. The van der Waals surface area contributed by atoms with Crippen LogP contribution in [0.2, 0.25) is 0 Å². The van der Waals surface area contributed by atoms with Crippen molar-refractivity contribution < 1.29 is 22.3 Å². The van der Waals surface area contributed by atoms with Gasteiger partial charge in [0.05, 0.1) is 30.2 Å². The van der Waals surface area contributed by atoms with Crippen molar-refractivity contribution in [1.82, 2.24) is 9.97 Å². The zero-order chi connectivity index (χ0) is 16.3. The van der Waals surface area contributed by atoms with Crippen LogP contribution in [0.5, 0.6) is 0 Å². The summed E-state index contributed by atoms with van der Waals surface area (Å²) in [6.07, 6.45) is 2.03. The Morgan fingerprint density at radius 2 is 2.09 bits per heavy atom. The second-order valence-corrected chi connectivity index (χ2v) is 6.85. The smallest absolute Gasteiger partial charge is 0.310 e. The van der Waals surface area contributed by atoms with Crippen molar-refractivity contribution in [3.05, 3.63) is 18.2 Å². The Kier molecular flexibility index (Phi) is 4.91. The minimum Gasteiger partial charge on any atom is -0.466 e. The number of sulfonamides is 1. The lowest BCUT2D eigenvalue weighted by Crippen LogP contribution is -2.51. The number of piperidine rings is 1. The number of hydrogen-bond acceptors (Lipinski definition) is 7. The highest BCUT2D eigenvalue weighted by Crippen LogP contribution is 2.24. The number of carbonyl (C=O) groups is 1. The molecule has 1 aromatic heterocycles. The zero-order valence-corrected chi connectivity index (χ0v) is 12.8. The summed E-state index contributed by atoms with van der Waals surface area (Å²) < 4.78 is 41.1. The van der Waals surface area contributed by atoms with Gasteiger partial charge in [-0.1, -0.05) is 0 Å². The maximum Gasteiger partial charge on any atom is 0.310 e. The van der Waals surface area contributed by atoms with Gasteiger partial charge in [-0.3, -0.25) is 4.79 Å². The van der Waals surface area contributed by atoms with Crippen LogP contribution in [0, 0.1) is 11.7 Å². The Bertz CT molecular complexity index is 637. The van der Waals surface area contributed by atoms with E-state index in [0.717, 1.165) is 12.4 Å². The Morgan fingerprint density at radius 1 is 1.45 bits per heavy atom. The first kappa shape index (κ1) is 16.6. The second-order valence-electron chi connectivity index (χ2n) is 5.00. The van der Waals surface area contributed by atoms with E-state index >= 15 is 0 Å². The summed E-state index contributed by atoms with van der Waals surface area (Å²) in [7, 11) is -3.84. The molecule has 2 N–H and O–H groups in total. The summed E-state index contributed by atoms with van der Waals surface area (Å²) in [6.45, 7) is 2.10. The van der Waals surface area contributed by atoms with Gasteiger partial charge in [0.15, 0.2) is 5.82 Å². The van der Waals surface area contributed by atoms with Crippen molar-refractivity contribution >= 4 is 21.9 Å². The van der Waals surface area contributed by atoms with Crippen LogP contribution < -0.4 is 10.0 Å². The number of hydrogen-bond donors (Lipinski definition) is 1. The van der Waals surface area contributed by atoms with E-state index in [1.807, 2.05) is 0 Å². The van der Waals surface area contributed by atoms with E-state index in [2.05, 4.69) is 9.97 Å². The monoisotopic (exact) mass is 332 g/mol. The number of ether oxygens (including phenoxy) is 1. The van der Waals surface area contributed by atoms with E-state index in [1.54, 1.807) is 6.92 Å². The van der Waals surface area contributed by atoms with Crippen LogP contribution in [-0.4, -0.2) is 49.3 Å². The minimum absolute atomic E-state index is 0.0420. The first-order valence-corrected chi connectivity index (χ1v) is 8.33. The van der Waals surface area contributed by atoms with E-state index in [-0.39, 0.29) is 32.1 Å². The molecule has 2 atom stereocenters. The molecule has 22 heavy (non-hydrogen) atoms. The van der Waals surface area contributed by atoms with Gasteiger partial charge in [-0.05, 0) is 13.3 Å². The summed E-state index contributed by atoms with van der Waals surface area (Å²) in [4.78, 5) is 21.0. The van der Waals surface area contributed by atoms with Crippen LogP contribution in [-0.2, 0) is 19.6 Å². The number of aromatic nitrogens is 2. The molecule has 1 saturated heterocycles. The molecule has 0 aliphatic carbocycles. The van der Waals surface area contributed by atoms with Crippen LogP contribution in [0.25, 0.3) is 0 Å². The van der Waals surface area contributed by atoms with Gasteiger partial charge in [-0.2, -0.15) is 0 Å². The van der Waals surface area contributed by atoms with Crippen LogP contribution in [0.3, 0.4) is 0 Å². The Hall–Kier alpha value is -1.81. The molecule has 0 spiro atoms. The van der Waals surface area contributed by atoms with E-state index in [0.29, 0.717) is 0 Å². The predicted molar refractivity (Wildman–Crippen MR) is 75.8 cm³/mol. The van der Waals surface area contributed by atoms with Gasteiger partial charge in [0.25, 0.3) is 0 Å². The maximum absolute atomic E-state index is 12.9. The molecule has 2 heterocycles. The molecule has 122 valence electrons. The SMILES string of the molecule is CCOC(=O)[C@@H]1C[C@@H](S(N)(=O)=O)CN(c2ncc(F)cn2)C1. The summed E-state index contributed by atoms with van der Waals surface area (Å²) in [6, 6.07) is 0. The van der Waals surface area contributed by atoms with Crippen molar-refractivity contribution in [2.24, 2.45) is 11.1 Å². The molecule has 1 aromatic rings. The quantitative estimate of drug-likeness (QED) is 0.750. The fourth-order valence-corrected chi connectivity index (χ4v) is 3.24. The molecule has 1 aliphatic heterocycles. The Morgan fingerprint density at radius 3 is 2.64 bits per heavy atom. The van der Waals surface area contributed by atoms with Crippen molar-refractivity contribution in [3.63, 3.8) is 0 Å². The van der Waals surface area contributed by atoms with Gasteiger partial charge in [-0.15, -0.1) is 0 Å².